The predicted molar refractivity (Wildman–Crippen MR) is 203 cm³/mol. The zero-order chi connectivity index (χ0) is 42.8. The van der Waals surface area contributed by atoms with Gasteiger partial charge in [-0.15, -0.1) is 0 Å². The van der Waals surface area contributed by atoms with Gasteiger partial charge in [0.05, 0.1) is 48.3 Å². The summed E-state index contributed by atoms with van der Waals surface area (Å²) in [5.41, 5.74) is -3.22. The number of aliphatic hydroxyl groups is 2. The van der Waals surface area contributed by atoms with Crippen molar-refractivity contribution in [1.82, 2.24) is 4.90 Å². The lowest BCUT2D eigenvalue weighted by Gasteiger charge is -2.48. The van der Waals surface area contributed by atoms with Crippen molar-refractivity contribution in [3.8, 4) is 17.2 Å². The van der Waals surface area contributed by atoms with E-state index in [2.05, 4.69) is 0 Å². The van der Waals surface area contributed by atoms with Gasteiger partial charge in [0.2, 0.25) is 5.78 Å². The summed E-state index contributed by atoms with van der Waals surface area (Å²) in [4.78, 5) is 55.1. The number of aliphatic hydroxyl groups excluding tert-OH is 1. The first-order valence-electron chi connectivity index (χ1n) is 20.0. The summed E-state index contributed by atoms with van der Waals surface area (Å²) < 4.78 is 42.6. The van der Waals surface area contributed by atoms with Gasteiger partial charge in [0.15, 0.2) is 30.4 Å². The van der Waals surface area contributed by atoms with Crippen LogP contribution >= 0.6 is 0 Å². The highest BCUT2D eigenvalue weighted by molar-refractivity contribution is 6.30. The average molecular weight is 828 g/mol. The molecule has 17 nitrogen and oxygen atoms in total. The number of hydrogen-bond acceptors (Lipinski definition) is 17. The second-order valence-corrected chi connectivity index (χ2v) is 16.5. The predicted octanol–water partition coefficient (Wildman–Crippen LogP) is 2.86. The number of phenolic OH excluding ortho intramolecular Hbond substituents is 3. The molecule has 0 amide bonds. The number of esters is 1. The van der Waals surface area contributed by atoms with Crippen molar-refractivity contribution in [3.63, 3.8) is 0 Å². The number of carbonyl (C=O) groups is 4. The number of benzene rings is 2. The summed E-state index contributed by atoms with van der Waals surface area (Å²) in [5, 5.41) is 56.0. The normalized spacial score (nSPS) is 35.9. The van der Waals surface area contributed by atoms with Gasteiger partial charge in [0.25, 0.3) is 0 Å². The number of ketones is 3. The van der Waals surface area contributed by atoms with Crippen molar-refractivity contribution in [2.75, 3.05) is 21.2 Å². The fourth-order valence-corrected chi connectivity index (χ4v) is 9.33. The molecule has 3 aliphatic heterocycles. The van der Waals surface area contributed by atoms with Crippen LogP contribution in [0.15, 0.2) is 18.2 Å². The number of hydrogen-bond donors (Lipinski definition) is 5. The molecule has 5 N–H and O–H groups in total. The second kappa shape index (κ2) is 16.4. The molecule has 7 rings (SSSR count). The lowest BCUT2D eigenvalue weighted by Crippen LogP contribution is -2.58. The van der Waals surface area contributed by atoms with E-state index in [9.17, 15) is 44.7 Å². The van der Waals surface area contributed by atoms with Gasteiger partial charge in [-0.1, -0.05) is 6.92 Å². The van der Waals surface area contributed by atoms with Crippen LogP contribution in [0.25, 0.3) is 0 Å². The van der Waals surface area contributed by atoms with Crippen molar-refractivity contribution in [2.45, 2.75) is 145 Å². The van der Waals surface area contributed by atoms with Crippen molar-refractivity contribution < 1.29 is 77.9 Å². The summed E-state index contributed by atoms with van der Waals surface area (Å²) in [6.07, 6.45) is -6.94. The summed E-state index contributed by atoms with van der Waals surface area (Å²) in [5.74, 6) is -5.71. The van der Waals surface area contributed by atoms with E-state index in [4.69, 9.17) is 33.2 Å². The van der Waals surface area contributed by atoms with E-state index in [1.165, 1.54) is 6.07 Å². The van der Waals surface area contributed by atoms with Crippen LogP contribution < -0.4 is 0 Å². The van der Waals surface area contributed by atoms with Gasteiger partial charge in [0, 0.05) is 60.9 Å². The maximum atomic E-state index is 13.9. The van der Waals surface area contributed by atoms with Crippen LogP contribution in [0.3, 0.4) is 0 Å². The Balaban J connectivity index is 1.14. The van der Waals surface area contributed by atoms with E-state index >= 15 is 0 Å². The molecule has 0 bridgehead atoms. The minimum absolute atomic E-state index is 0.000624. The Morgan fingerprint density at radius 1 is 0.864 bits per heavy atom. The van der Waals surface area contributed by atoms with Gasteiger partial charge in [-0.05, 0) is 59.0 Å². The highest BCUT2D eigenvalue weighted by Gasteiger charge is 2.54. The molecular formula is C42H53NO16. The molecule has 3 heterocycles. The van der Waals surface area contributed by atoms with E-state index in [1.807, 2.05) is 19.0 Å². The molecule has 0 unspecified atom stereocenters. The molecular weight excluding hydrogens is 774 g/mol. The van der Waals surface area contributed by atoms with Crippen LogP contribution in [0.1, 0.15) is 121 Å². The van der Waals surface area contributed by atoms with Crippen molar-refractivity contribution in [2.24, 2.45) is 0 Å². The minimum Gasteiger partial charge on any atom is -0.508 e. The van der Waals surface area contributed by atoms with Gasteiger partial charge < -0.3 is 63.6 Å². The SMILES string of the molecule is CC[C@@]1(O)C[C@H](O[C@H]2C[C@H](N(C)C)[C@H](O[C@@H]3C[C@H](O)[C@H](O[C@@H]4CCC(=O)[C@H](C)O4)[C@H](C)O3)[C@H](C)O2)c2c(cc3c(c2O)C(=O)c2c(O)cc(O)cc2C3=O)[C@H]1C(=O)OC. The number of fused-ring (bicyclic) bond motifs is 3. The maximum Gasteiger partial charge on any atom is 0.316 e. The molecule has 5 aliphatic rings. The number of nitrogens with zero attached hydrogens (tertiary/aromatic N) is 1. The zero-order valence-corrected chi connectivity index (χ0v) is 34.1. The molecule has 2 aromatic rings. The first kappa shape index (κ1) is 43.1. The smallest absolute Gasteiger partial charge is 0.316 e. The summed E-state index contributed by atoms with van der Waals surface area (Å²) in [6, 6.07) is 2.86. The molecule has 0 aromatic heterocycles. The van der Waals surface area contributed by atoms with Crippen LogP contribution in [0.2, 0.25) is 0 Å². The number of likely N-dealkylation sites (N-methyl/N-ethyl adjacent to an activating group) is 1. The summed E-state index contributed by atoms with van der Waals surface area (Å²) in [6.45, 7) is 6.90. The Bertz CT molecular complexity index is 1990. The zero-order valence-electron chi connectivity index (χ0n) is 34.1. The third kappa shape index (κ3) is 7.77. The van der Waals surface area contributed by atoms with Crippen molar-refractivity contribution in [1.29, 1.82) is 0 Å². The van der Waals surface area contributed by atoms with Crippen LogP contribution in [-0.2, 0) is 42.7 Å². The number of phenols is 3. The number of rotatable bonds is 9. The number of aromatic hydroxyl groups is 3. The molecule has 2 aliphatic carbocycles. The Morgan fingerprint density at radius 2 is 1.51 bits per heavy atom. The van der Waals surface area contributed by atoms with E-state index < -0.39 is 119 Å². The molecule has 0 spiro atoms. The van der Waals surface area contributed by atoms with Gasteiger partial charge >= 0.3 is 5.97 Å². The number of methoxy groups -OCH3 is 1. The van der Waals surface area contributed by atoms with Gasteiger partial charge in [0.1, 0.15) is 41.5 Å². The minimum atomic E-state index is -1.80. The Morgan fingerprint density at radius 3 is 2.14 bits per heavy atom. The second-order valence-electron chi connectivity index (χ2n) is 16.5. The molecule has 3 fully saturated rings. The largest absolute Gasteiger partial charge is 0.508 e. The average Bonchev–Trinajstić information content (AvgIpc) is 3.16. The molecule has 0 saturated carbocycles. The first-order chi connectivity index (χ1) is 27.9. The third-order valence-electron chi connectivity index (χ3n) is 12.5. The Labute approximate surface area is 341 Å². The number of ether oxygens (including phenoxy) is 7. The first-order valence-corrected chi connectivity index (χ1v) is 20.0. The number of carbonyl (C=O) groups excluding carboxylic acids is 4. The quantitative estimate of drug-likeness (QED) is 0.195. The van der Waals surface area contributed by atoms with Crippen LogP contribution in [0.5, 0.6) is 17.2 Å². The maximum absolute atomic E-state index is 13.9. The van der Waals surface area contributed by atoms with E-state index in [0.717, 1.165) is 19.2 Å². The molecule has 3 saturated heterocycles. The van der Waals surface area contributed by atoms with Crippen LogP contribution in [0, 0.1) is 0 Å². The molecule has 17 heteroatoms. The monoisotopic (exact) mass is 827 g/mol. The van der Waals surface area contributed by atoms with Crippen LogP contribution in [-0.4, -0.2) is 142 Å². The summed E-state index contributed by atoms with van der Waals surface area (Å²) >= 11 is 0. The van der Waals surface area contributed by atoms with Crippen molar-refractivity contribution >= 4 is 23.3 Å². The fraction of sp³-hybridized carbons (Fsp3) is 0.619. The van der Waals surface area contributed by atoms with Crippen LogP contribution in [0.4, 0.5) is 0 Å². The number of Topliss-reactive ketones (excluding diaryl/α,β-unsaturated/α-hetero) is 1. The molecule has 0 radical (unpaired) electrons. The van der Waals surface area contributed by atoms with Gasteiger partial charge in [-0.2, -0.15) is 0 Å². The van der Waals surface area contributed by atoms with E-state index in [-0.39, 0.29) is 59.8 Å². The highest BCUT2D eigenvalue weighted by Crippen LogP contribution is 2.54. The molecule has 59 heavy (non-hydrogen) atoms. The van der Waals surface area contributed by atoms with Crippen molar-refractivity contribution in [3.05, 3.63) is 51.6 Å². The highest BCUT2D eigenvalue weighted by atomic mass is 16.7. The van der Waals surface area contributed by atoms with Gasteiger partial charge in [-0.3, -0.25) is 19.2 Å². The Hall–Kier alpha value is -4.04. The standard InChI is InChI=1S/C42H53NO16/c1-8-42(52)16-28(33-21(35(42)41(51)53-7)13-23-34(38(33)50)37(49)32-22(36(23)48)11-20(44)12-26(32)46)57-30-14-24(43(5)6)39(18(3)55-30)59-31-15-27(47)40(19(4)56-31)58-29-10-9-25(45)17(2)54-29/h11-13,17-19,24,27-31,35,39-40,44,46-47,50,52H,8-10,14-16H2,1-7H3/t17-,18-,19-,24-,27-,28-,29+,30-,31+,35-,39+,40+,42+/m0/s1. The Kier molecular flexibility index (Phi) is 12.0. The molecule has 13 atom stereocenters. The summed E-state index contributed by atoms with van der Waals surface area (Å²) in [7, 11) is 4.86. The fourth-order valence-electron chi connectivity index (χ4n) is 9.33. The molecule has 322 valence electrons. The van der Waals surface area contributed by atoms with E-state index in [0.29, 0.717) is 12.8 Å². The van der Waals surface area contributed by atoms with E-state index in [1.54, 1.807) is 27.7 Å². The topological polar surface area (TPSA) is 237 Å². The lowest BCUT2D eigenvalue weighted by molar-refractivity contribution is -0.324. The van der Waals surface area contributed by atoms with Gasteiger partial charge in [-0.25, -0.2) is 0 Å². The lowest BCUT2D eigenvalue weighted by atomic mass is 9.67. The third-order valence-corrected chi connectivity index (χ3v) is 12.5. The molecule has 2 aromatic carbocycles.